The molecule has 0 bridgehead atoms. The summed E-state index contributed by atoms with van der Waals surface area (Å²) >= 11 is 1.15. The smallest absolute Gasteiger partial charge is 0.387 e. The number of tetrazole rings is 1. The highest BCUT2D eigenvalue weighted by molar-refractivity contribution is 8.00. The summed E-state index contributed by atoms with van der Waals surface area (Å²) in [6, 6.07) is 13.6. The molecule has 1 amide bonds. The van der Waals surface area contributed by atoms with Crippen molar-refractivity contribution in [2.45, 2.75) is 30.9 Å². The number of alkyl halides is 2. The van der Waals surface area contributed by atoms with Crippen molar-refractivity contribution in [3.05, 3.63) is 54.1 Å². The van der Waals surface area contributed by atoms with Gasteiger partial charge in [0.05, 0.1) is 16.6 Å². The zero-order valence-corrected chi connectivity index (χ0v) is 15.9. The van der Waals surface area contributed by atoms with Gasteiger partial charge in [0.25, 0.3) is 0 Å². The average Bonchev–Trinajstić information content (AvgIpc) is 3.11. The normalized spacial score (nSPS) is 12.0. The van der Waals surface area contributed by atoms with E-state index in [1.54, 1.807) is 19.1 Å². The van der Waals surface area contributed by atoms with Crippen molar-refractivity contribution in [3.8, 4) is 11.4 Å². The number of anilines is 1. The number of amides is 1. The molecule has 0 aliphatic heterocycles. The summed E-state index contributed by atoms with van der Waals surface area (Å²) in [6.07, 6.45) is 0. The predicted molar refractivity (Wildman–Crippen MR) is 101 cm³/mol. The molecule has 10 heteroatoms. The lowest BCUT2D eigenvalue weighted by Gasteiger charge is -2.14. The number of carbonyl (C=O) groups is 1. The summed E-state index contributed by atoms with van der Waals surface area (Å²) in [5.74, 6) is -0.499. The first-order chi connectivity index (χ1) is 13.4. The van der Waals surface area contributed by atoms with E-state index in [0.29, 0.717) is 5.16 Å². The van der Waals surface area contributed by atoms with Crippen molar-refractivity contribution < 1.29 is 18.3 Å². The molecular weight excluding hydrogens is 388 g/mol. The highest BCUT2D eigenvalue weighted by atomic mass is 32.2. The van der Waals surface area contributed by atoms with Crippen molar-refractivity contribution in [1.82, 2.24) is 20.2 Å². The number of ether oxygens (including phenoxy) is 1. The summed E-state index contributed by atoms with van der Waals surface area (Å²) in [6.45, 7) is 0.662. The standard InChI is InChI=1S/C18H17F2N5O2S/c1-11-7-9-13(10-8-11)25-18(22-23-24-25)28-12(2)16(26)21-14-5-3-4-6-15(14)27-17(19)20/h3-10,12,17H,1-2H3,(H,21,26)/t12-/m0/s1. The Bertz CT molecular complexity index is 949. The lowest BCUT2D eigenvalue weighted by atomic mass is 10.2. The Hall–Kier alpha value is -3.01. The molecule has 0 aliphatic rings. The molecule has 0 saturated carbocycles. The fourth-order valence-electron chi connectivity index (χ4n) is 2.32. The maximum Gasteiger partial charge on any atom is 0.387 e. The Morgan fingerprint density at radius 2 is 1.89 bits per heavy atom. The third-order valence-electron chi connectivity index (χ3n) is 3.73. The van der Waals surface area contributed by atoms with Crippen LogP contribution in [0.3, 0.4) is 0 Å². The van der Waals surface area contributed by atoms with Gasteiger partial charge in [-0.2, -0.15) is 13.5 Å². The molecule has 1 aromatic heterocycles. The molecule has 1 atom stereocenters. The van der Waals surface area contributed by atoms with E-state index >= 15 is 0 Å². The van der Waals surface area contributed by atoms with Crippen molar-refractivity contribution in [2.24, 2.45) is 0 Å². The zero-order valence-electron chi connectivity index (χ0n) is 15.0. The van der Waals surface area contributed by atoms with E-state index in [9.17, 15) is 13.6 Å². The molecule has 1 heterocycles. The molecule has 0 radical (unpaired) electrons. The molecule has 0 saturated heterocycles. The molecule has 7 nitrogen and oxygen atoms in total. The first kappa shape index (κ1) is 19.7. The minimum atomic E-state index is -2.98. The summed E-state index contributed by atoms with van der Waals surface area (Å²) < 4.78 is 31.0. The number of thioether (sulfide) groups is 1. The van der Waals surface area contributed by atoms with Gasteiger partial charge in [0, 0.05) is 0 Å². The van der Waals surface area contributed by atoms with Crippen LogP contribution in [0, 0.1) is 6.92 Å². The van der Waals surface area contributed by atoms with Gasteiger partial charge >= 0.3 is 6.61 Å². The van der Waals surface area contributed by atoms with E-state index in [0.717, 1.165) is 23.0 Å². The van der Waals surface area contributed by atoms with Crippen LogP contribution >= 0.6 is 11.8 Å². The molecular formula is C18H17F2N5O2S. The fourth-order valence-corrected chi connectivity index (χ4v) is 3.12. The highest BCUT2D eigenvalue weighted by Gasteiger charge is 2.21. The second-order valence-electron chi connectivity index (χ2n) is 5.83. The second kappa shape index (κ2) is 8.79. The number of nitrogens with one attached hydrogen (secondary N) is 1. The molecule has 0 fully saturated rings. The number of carbonyl (C=O) groups excluding carboxylic acids is 1. The number of aryl methyl sites for hydroxylation is 1. The van der Waals surface area contributed by atoms with Crippen LogP contribution < -0.4 is 10.1 Å². The molecule has 0 spiro atoms. The third kappa shape index (κ3) is 4.83. The van der Waals surface area contributed by atoms with E-state index in [4.69, 9.17) is 0 Å². The maximum absolute atomic E-state index is 12.5. The van der Waals surface area contributed by atoms with Gasteiger partial charge in [0.15, 0.2) is 0 Å². The third-order valence-corrected chi connectivity index (χ3v) is 4.76. The SMILES string of the molecule is Cc1ccc(-n2nnnc2S[C@@H](C)C(=O)Nc2ccccc2OC(F)F)cc1. The van der Waals surface area contributed by atoms with Crippen molar-refractivity contribution in [2.75, 3.05) is 5.32 Å². The Balaban J connectivity index is 1.71. The summed E-state index contributed by atoms with van der Waals surface area (Å²) in [5.41, 5.74) is 2.03. The van der Waals surface area contributed by atoms with Crippen LogP contribution in [-0.2, 0) is 4.79 Å². The van der Waals surface area contributed by atoms with Crippen LogP contribution in [0.2, 0.25) is 0 Å². The quantitative estimate of drug-likeness (QED) is 0.604. The van der Waals surface area contributed by atoms with Gasteiger partial charge in [0.1, 0.15) is 5.75 Å². The van der Waals surface area contributed by atoms with E-state index in [-0.39, 0.29) is 11.4 Å². The van der Waals surface area contributed by atoms with Crippen molar-refractivity contribution >= 4 is 23.4 Å². The van der Waals surface area contributed by atoms with Crippen LogP contribution in [0.25, 0.3) is 5.69 Å². The Morgan fingerprint density at radius 3 is 2.61 bits per heavy atom. The summed E-state index contributed by atoms with van der Waals surface area (Å²) in [4.78, 5) is 12.5. The van der Waals surface area contributed by atoms with Crippen LogP contribution in [0.4, 0.5) is 14.5 Å². The number of benzene rings is 2. The van der Waals surface area contributed by atoms with Crippen LogP contribution in [0.5, 0.6) is 5.75 Å². The maximum atomic E-state index is 12.5. The Morgan fingerprint density at radius 1 is 1.18 bits per heavy atom. The van der Waals surface area contributed by atoms with Gasteiger partial charge in [-0.3, -0.25) is 4.79 Å². The number of para-hydroxylation sites is 2. The Kier molecular flexibility index (Phi) is 6.19. The van der Waals surface area contributed by atoms with E-state index in [1.165, 1.54) is 16.8 Å². The minimum absolute atomic E-state index is 0.104. The lowest BCUT2D eigenvalue weighted by Crippen LogP contribution is -2.23. The topological polar surface area (TPSA) is 81.9 Å². The van der Waals surface area contributed by atoms with Crippen LogP contribution in [0.1, 0.15) is 12.5 Å². The first-order valence-electron chi connectivity index (χ1n) is 8.31. The molecule has 1 N–H and O–H groups in total. The molecule has 2 aromatic carbocycles. The minimum Gasteiger partial charge on any atom is -0.433 e. The molecule has 3 rings (SSSR count). The van der Waals surface area contributed by atoms with E-state index in [1.807, 2.05) is 31.2 Å². The number of nitrogens with zero attached hydrogens (tertiary/aromatic N) is 4. The van der Waals surface area contributed by atoms with Gasteiger partial charge in [0.2, 0.25) is 11.1 Å². The van der Waals surface area contributed by atoms with E-state index < -0.39 is 17.8 Å². The lowest BCUT2D eigenvalue weighted by molar-refractivity contribution is -0.115. The number of hydrogen-bond acceptors (Lipinski definition) is 6. The summed E-state index contributed by atoms with van der Waals surface area (Å²) in [5, 5.41) is 14.0. The number of rotatable bonds is 7. The molecule has 0 aliphatic carbocycles. The molecule has 3 aromatic rings. The van der Waals surface area contributed by atoms with Crippen LogP contribution in [0.15, 0.2) is 53.7 Å². The van der Waals surface area contributed by atoms with Gasteiger partial charge in [-0.25, -0.2) is 0 Å². The van der Waals surface area contributed by atoms with Gasteiger partial charge in [-0.05, 0) is 48.5 Å². The summed E-state index contributed by atoms with van der Waals surface area (Å²) in [7, 11) is 0. The zero-order chi connectivity index (χ0) is 20.1. The average molecular weight is 405 g/mol. The molecule has 146 valence electrons. The Labute approximate surface area is 164 Å². The van der Waals surface area contributed by atoms with Crippen LogP contribution in [-0.4, -0.2) is 38.0 Å². The van der Waals surface area contributed by atoms with Gasteiger partial charge in [-0.15, -0.1) is 5.10 Å². The van der Waals surface area contributed by atoms with Gasteiger partial charge in [-0.1, -0.05) is 41.6 Å². The second-order valence-corrected chi connectivity index (χ2v) is 7.14. The fraction of sp³-hybridized carbons (Fsp3) is 0.222. The molecule has 0 unspecified atom stereocenters. The largest absolute Gasteiger partial charge is 0.433 e. The van der Waals surface area contributed by atoms with Crippen molar-refractivity contribution in [1.29, 1.82) is 0 Å². The van der Waals surface area contributed by atoms with Crippen molar-refractivity contribution in [3.63, 3.8) is 0 Å². The van der Waals surface area contributed by atoms with Gasteiger partial charge < -0.3 is 10.1 Å². The number of halogens is 2. The first-order valence-corrected chi connectivity index (χ1v) is 9.19. The number of aromatic nitrogens is 4. The number of hydrogen-bond donors (Lipinski definition) is 1. The monoisotopic (exact) mass is 405 g/mol. The highest BCUT2D eigenvalue weighted by Crippen LogP contribution is 2.28. The molecule has 28 heavy (non-hydrogen) atoms. The predicted octanol–water partition coefficient (Wildman–Crippen LogP) is 3.69. The van der Waals surface area contributed by atoms with E-state index in [2.05, 4.69) is 25.6 Å².